The number of nitrogens with two attached hydrogens (primary N) is 1. The highest BCUT2D eigenvalue weighted by Crippen LogP contribution is 2.13. The van der Waals surface area contributed by atoms with Crippen LogP contribution in [0.5, 0.6) is 5.75 Å². The maximum atomic E-state index is 10.1. The van der Waals surface area contributed by atoms with Gasteiger partial charge in [-0.25, -0.2) is 0 Å². The van der Waals surface area contributed by atoms with Crippen molar-refractivity contribution in [3.8, 4) is 5.75 Å². The number of thiol groups is 1. The summed E-state index contributed by atoms with van der Waals surface area (Å²) >= 11 is 0. The second-order valence-electron chi connectivity index (χ2n) is 1.89. The molecule has 0 aliphatic rings. The highest BCUT2D eigenvalue weighted by Gasteiger charge is 1.92. The summed E-state index contributed by atoms with van der Waals surface area (Å²) < 4.78 is 24.5. The van der Waals surface area contributed by atoms with E-state index in [4.69, 9.17) is 5.73 Å². The van der Waals surface area contributed by atoms with E-state index in [9.17, 15) is 8.42 Å². The van der Waals surface area contributed by atoms with Crippen LogP contribution in [0.4, 0.5) is 5.69 Å². The summed E-state index contributed by atoms with van der Waals surface area (Å²) in [6.45, 7) is 0. The van der Waals surface area contributed by atoms with Gasteiger partial charge in [0, 0.05) is 11.8 Å². The average molecular weight is 173 g/mol. The van der Waals surface area contributed by atoms with Gasteiger partial charge in [-0.3, -0.25) is 0 Å². The van der Waals surface area contributed by atoms with E-state index in [2.05, 4.69) is 4.18 Å². The monoisotopic (exact) mass is 173 g/mol. The lowest BCUT2D eigenvalue weighted by Gasteiger charge is -1.96. The van der Waals surface area contributed by atoms with Crippen molar-refractivity contribution in [3.63, 3.8) is 0 Å². The van der Waals surface area contributed by atoms with Gasteiger partial charge in [0.25, 0.3) is 11.0 Å². The third kappa shape index (κ3) is 2.46. The molecule has 0 amide bonds. The van der Waals surface area contributed by atoms with Crippen LogP contribution in [-0.2, 0) is 11.0 Å². The van der Waals surface area contributed by atoms with Crippen LogP contribution in [0.2, 0.25) is 0 Å². The maximum absolute atomic E-state index is 10.1. The van der Waals surface area contributed by atoms with Crippen molar-refractivity contribution < 1.29 is 12.6 Å². The molecule has 4 nitrogen and oxygen atoms in total. The molecule has 0 saturated heterocycles. The van der Waals surface area contributed by atoms with Crippen molar-refractivity contribution in [3.05, 3.63) is 24.3 Å². The Morgan fingerprint density at radius 2 is 2.09 bits per heavy atom. The van der Waals surface area contributed by atoms with Crippen molar-refractivity contribution in [2.75, 3.05) is 5.73 Å². The van der Waals surface area contributed by atoms with Gasteiger partial charge in [0.05, 0.1) is 0 Å². The van der Waals surface area contributed by atoms with Crippen molar-refractivity contribution in [2.45, 2.75) is 0 Å². The predicted molar refractivity (Wildman–Crippen MR) is 41.8 cm³/mol. The molecule has 0 heterocycles. The largest absolute Gasteiger partial charge is 0.399 e. The molecule has 0 atom stereocenters. The van der Waals surface area contributed by atoms with Crippen LogP contribution in [0.25, 0.3) is 0 Å². The minimum absolute atomic E-state index is 0.237. The number of rotatable bonds is 2. The molecule has 0 radical (unpaired) electrons. The second kappa shape index (κ2) is 3.25. The number of hydrogen-bond donors (Lipinski definition) is 2. The summed E-state index contributed by atoms with van der Waals surface area (Å²) in [5.74, 6) is 0.237. The molecule has 0 saturated carbocycles. The molecule has 11 heavy (non-hydrogen) atoms. The standard InChI is InChI=1S/C6H7NO3S/c7-5-2-1-3-6(4-5)10-11(8)9/h1-4,11H,7H2. The van der Waals surface area contributed by atoms with Crippen LogP contribution >= 0.6 is 0 Å². The number of hydrogen-bond acceptors (Lipinski definition) is 4. The quantitative estimate of drug-likeness (QED) is 0.494. The predicted octanol–water partition coefficient (Wildman–Crippen LogP) is 0.174. The summed E-state index contributed by atoms with van der Waals surface area (Å²) in [4.78, 5) is 0. The van der Waals surface area contributed by atoms with Gasteiger partial charge in [0.15, 0.2) is 0 Å². The Balaban J connectivity index is 2.87. The van der Waals surface area contributed by atoms with Crippen molar-refractivity contribution in [1.29, 1.82) is 0 Å². The topological polar surface area (TPSA) is 69.4 Å². The van der Waals surface area contributed by atoms with Crippen LogP contribution < -0.4 is 9.92 Å². The Hall–Kier alpha value is -1.23. The van der Waals surface area contributed by atoms with Crippen LogP contribution in [0.1, 0.15) is 0 Å². The van der Waals surface area contributed by atoms with Crippen LogP contribution in [-0.4, -0.2) is 8.42 Å². The van der Waals surface area contributed by atoms with E-state index in [1.165, 1.54) is 12.1 Å². The van der Waals surface area contributed by atoms with E-state index in [1.54, 1.807) is 12.1 Å². The van der Waals surface area contributed by atoms with Gasteiger partial charge in [0.1, 0.15) is 5.75 Å². The van der Waals surface area contributed by atoms with E-state index in [0.717, 1.165) is 0 Å². The number of benzene rings is 1. The molecule has 1 aromatic carbocycles. The SMILES string of the molecule is Nc1cccc(O[SH](=O)=O)c1. The van der Waals surface area contributed by atoms with E-state index in [0.29, 0.717) is 5.69 Å². The zero-order chi connectivity index (χ0) is 8.27. The van der Waals surface area contributed by atoms with Crippen molar-refractivity contribution in [1.82, 2.24) is 0 Å². The van der Waals surface area contributed by atoms with Gasteiger partial charge in [-0.2, -0.15) is 8.42 Å². The van der Waals surface area contributed by atoms with E-state index in [1.807, 2.05) is 0 Å². The van der Waals surface area contributed by atoms with Crippen molar-refractivity contribution in [2.24, 2.45) is 0 Å². The molecule has 60 valence electrons. The highest BCUT2D eigenvalue weighted by molar-refractivity contribution is 7.67. The molecule has 1 aromatic rings. The molecular formula is C6H7NO3S. The lowest BCUT2D eigenvalue weighted by atomic mass is 10.3. The van der Waals surface area contributed by atoms with Crippen LogP contribution in [0.15, 0.2) is 24.3 Å². The van der Waals surface area contributed by atoms with Crippen molar-refractivity contribution >= 4 is 16.7 Å². The first kappa shape index (κ1) is 7.87. The number of anilines is 1. The third-order valence-corrected chi connectivity index (χ3v) is 1.40. The lowest BCUT2D eigenvalue weighted by molar-refractivity contribution is 0.511. The summed E-state index contributed by atoms with van der Waals surface area (Å²) in [6, 6.07) is 6.21. The molecular weight excluding hydrogens is 166 g/mol. The van der Waals surface area contributed by atoms with E-state index in [-0.39, 0.29) is 5.75 Å². The number of nitrogen functional groups attached to an aromatic ring is 1. The van der Waals surface area contributed by atoms with E-state index < -0.39 is 11.0 Å². The second-order valence-corrected chi connectivity index (χ2v) is 2.52. The van der Waals surface area contributed by atoms with Gasteiger partial charge in [0.2, 0.25) is 0 Å². The fourth-order valence-corrected chi connectivity index (χ4v) is 0.943. The lowest BCUT2D eigenvalue weighted by Crippen LogP contribution is -1.91. The smallest absolute Gasteiger partial charge is 0.299 e. The van der Waals surface area contributed by atoms with Gasteiger partial charge in [-0.1, -0.05) is 6.07 Å². The first-order valence-electron chi connectivity index (χ1n) is 2.86. The molecule has 0 unspecified atom stereocenters. The zero-order valence-electron chi connectivity index (χ0n) is 5.56. The fourth-order valence-electron chi connectivity index (χ4n) is 0.657. The minimum Gasteiger partial charge on any atom is -0.399 e. The Morgan fingerprint density at radius 3 is 2.64 bits per heavy atom. The molecule has 0 spiro atoms. The molecule has 0 aliphatic heterocycles. The van der Waals surface area contributed by atoms with Gasteiger partial charge < -0.3 is 9.92 Å². The molecule has 1 rings (SSSR count). The Labute approximate surface area is 65.8 Å². The van der Waals surface area contributed by atoms with Gasteiger partial charge >= 0.3 is 0 Å². The van der Waals surface area contributed by atoms with Crippen LogP contribution in [0.3, 0.4) is 0 Å². The summed E-state index contributed by atoms with van der Waals surface area (Å²) in [7, 11) is -2.84. The van der Waals surface area contributed by atoms with E-state index >= 15 is 0 Å². The Kier molecular flexibility index (Phi) is 2.32. The molecule has 0 fully saturated rings. The van der Waals surface area contributed by atoms with Gasteiger partial charge in [-0.05, 0) is 12.1 Å². The third-order valence-electron chi connectivity index (χ3n) is 1.04. The first-order chi connectivity index (χ1) is 5.18. The van der Waals surface area contributed by atoms with Crippen LogP contribution in [0, 0.1) is 0 Å². The molecule has 0 aromatic heterocycles. The highest BCUT2D eigenvalue weighted by atomic mass is 32.2. The molecule has 0 aliphatic carbocycles. The molecule has 2 N–H and O–H groups in total. The molecule has 5 heteroatoms. The Bertz CT molecular complexity index is 313. The maximum Gasteiger partial charge on any atom is 0.299 e. The Morgan fingerprint density at radius 1 is 1.36 bits per heavy atom. The minimum atomic E-state index is -2.84. The average Bonchev–Trinajstić information content (AvgIpc) is 1.85. The fraction of sp³-hybridized carbons (Fsp3) is 0. The summed E-state index contributed by atoms with van der Waals surface area (Å²) in [5, 5.41) is 0. The summed E-state index contributed by atoms with van der Waals surface area (Å²) in [6.07, 6.45) is 0. The first-order valence-corrected chi connectivity index (χ1v) is 3.96. The van der Waals surface area contributed by atoms with Gasteiger partial charge in [-0.15, -0.1) is 0 Å². The summed E-state index contributed by atoms with van der Waals surface area (Å²) in [5.41, 5.74) is 5.83. The molecule has 0 bridgehead atoms. The normalized spacial score (nSPS) is 9.91. The zero-order valence-corrected chi connectivity index (χ0v) is 6.45.